The molecule has 0 fully saturated rings. The third-order valence-electron chi connectivity index (χ3n) is 20.8. The Labute approximate surface area is 658 Å². The molecule has 0 saturated heterocycles. The molecule has 0 saturated carbocycles. The standard InChI is InChI=1S/C88H172O17P2/c1-6-9-12-15-18-21-24-26-28-30-32-34-36-38-40-42-47-52-57-62-67-72-86(91)99-78-84(105-87(92)73-68-63-58-53-48-43-41-39-37-35-33-31-29-27-25-22-19-16-13-10-7-2)80-103-107(96,97)101-76-82(89)75-100-106(94,95)102-79-83(77-98-85(90)71-66-61-56-51-23-20-17-14-11-8-3)104-88(93)74-69-64-59-54-49-45-44-46-50-55-60-65-70-81(4)5/h81-84,89H,6-80H2,1-5H3,(H,94,95)(H,96,97)/t82-,83+,84+/m0/s1. The summed E-state index contributed by atoms with van der Waals surface area (Å²) in [5.74, 6) is -1.32. The molecule has 0 aromatic heterocycles. The minimum atomic E-state index is -4.97. The predicted molar refractivity (Wildman–Crippen MR) is 442 cm³/mol. The summed E-state index contributed by atoms with van der Waals surface area (Å²) in [5.41, 5.74) is 0. The van der Waals surface area contributed by atoms with Crippen molar-refractivity contribution in [1.29, 1.82) is 0 Å². The second kappa shape index (κ2) is 80.7. The summed E-state index contributed by atoms with van der Waals surface area (Å²) in [6, 6.07) is 0. The summed E-state index contributed by atoms with van der Waals surface area (Å²) in [6.45, 7) is 7.37. The monoisotopic (exact) mass is 1560 g/mol. The van der Waals surface area contributed by atoms with Gasteiger partial charge in [0.05, 0.1) is 26.4 Å². The van der Waals surface area contributed by atoms with E-state index in [0.29, 0.717) is 25.7 Å². The number of esters is 4. The molecule has 19 heteroatoms. The van der Waals surface area contributed by atoms with Gasteiger partial charge in [0.2, 0.25) is 0 Å². The first kappa shape index (κ1) is 105. The molecule has 17 nitrogen and oxygen atoms in total. The number of phosphoric acid groups is 2. The van der Waals surface area contributed by atoms with Gasteiger partial charge in [-0.15, -0.1) is 0 Å². The van der Waals surface area contributed by atoms with Crippen molar-refractivity contribution in [2.24, 2.45) is 5.92 Å². The second-order valence-electron chi connectivity index (χ2n) is 32.1. The number of ether oxygens (including phenoxy) is 4. The Morgan fingerprint density at radius 1 is 0.252 bits per heavy atom. The van der Waals surface area contributed by atoms with E-state index in [2.05, 4.69) is 34.6 Å². The normalized spacial score (nSPS) is 13.7. The van der Waals surface area contributed by atoms with Crippen molar-refractivity contribution >= 4 is 39.5 Å². The molecule has 5 atom stereocenters. The lowest BCUT2D eigenvalue weighted by Crippen LogP contribution is -2.30. The smallest absolute Gasteiger partial charge is 0.462 e. The van der Waals surface area contributed by atoms with E-state index < -0.39 is 97.5 Å². The molecule has 0 aromatic carbocycles. The average molecular weight is 1560 g/mol. The van der Waals surface area contributed by atoms with Crippen molar-refractivity contribution in [2.75, 3.05) is 39.6 Å². The Morgan fingerprint density at radius 3 is 0.636 bits per heavy atom. The van der Waals surface area contributed by atoms with E-state index in [1.807, 2.05) is 0 Å². The first-order valence-electron chi connectivity index (χ1n) is 45.6. The number of aliphatic hydroxyl groups is 1. The lowest BCUT2D eigenvalue weighted by molar-refractivity contribution is -0.161. The fraction of sp³-hybridized carbons (Fsp3) is 0.955. The molecular formula is C88H172O17P2. The molecule has 0 spiro atoms. The van der Waals surface area contributed by atoms with Crippen molar-refractivity contribution in [3.8, 4) is 0 Å². The van der Waals surface area contributed by atoms with Gasteiger partial charge in [0, 0.05) is 25.7 Å². The van der Waals surface area contributed by atoms with E-state index in [-0.39, 0.29) is 25.7 Å². The number of phosphoric ester groups is 2. The van der Waals surface area contributed by atoms with Crippen LogP contribution in [0.15, 0.2) is 0 Å². The molecule has 0 aliphatic rings. The Morgan fingerprint density at radius 2 is 0.430 bits per heavy atom. The van der Waals surface area contributed by atoms with Gasteiger partial charge in [0.1, 0.15) is 19.3 Å². The number of hydrogen-bond donors (Lipinski definition) is 3. The maximum absolute atomic E-state index is 13.2. The van der Waals surface area contributed by atoms with E-state index in [1.54, 1.807) is 0 Å². The minimum Gasteiger partial charge on any atom is -0.462 e. The van der Waals surface area contributed by atoms with Crippen molar-refractivity contribution in [2.45, 2.75) is 496 Å². The molecule has 0 heterocycles. The molecule has 3 N–H and O–H groups in total. The molecule has 0 rings (SSSR count). The SMILES string of the molecule is CCCCCCCCCCCCCCCCCCCCCCCC(=O)OC[C@H](COP(=O)(O)OC[C@@H](O)COP(=O)(O)OC[C@@H](COC(=O)CCCCCCCCCCCC)OC(=O)CCCCCCCCCCCCCCC(C)C)OC(=O)CCCCCCCCCCCCCCCCCCCCCCC. The number of hydrogen-bond acceptors (Lipinski definition) is 15. The first-order chi connectivity index (χ1) is 52.0. The Kier molecular flexibility index (Phi) is 79.2. The van der Waals surface area contributed by atoms with Crippen LogP contribution in [0.3, 0.4) is 0 Å². The molecular weight excluding hydrogens is 1390 g/mol. The van der Waals surface area contributed by atoms with Crippen molar-refractivity contribution in [3.63, 3.8) is 0 Å². The third kappa shape index (κ3) is 81.9. The first-order valence-corrected chi connectivity index (χ1v) is 48.6. The Hall–Kier alpha value is -1.94. The highest BCUT2D eigenvalue weighted by Gasteiger charge is 2.30. The summed E-state index contributed by atoms with van der Waals surface area (Å²) in [6.07, 6.45) is 75.1. The van der Waals surface area contributed by atoms with Crippen LogP contribution in [0.4, 0.5) is 0 Å². The van der Waals surface area contributed by atoms with Crippen molar-refractivity contribution < 1.29 is 80.2 Å². The fourth-order valence-electron chi connectivity index (χ4n) is 13.8. The van der Waals surface area contributed by atoms with E-state index in [0.717, 1.165) is 95.8 Å². The zero-order valence-corrected chi connectivity index (χ0v) is 72.1. The van der Waals surface area contributed by atoms with Gasteiger partial charge in [-0.3, -0.25) is 37.3 Å². The maximum Gasteiger partial charge on any atom is 0.472 e. The van der Waals surface area contributed by atoms with Crippen LogP contribution in [0.2, 0.25) is 0 Å². The summed E-state index contributed by atoms with van der Waals surface area (Å²) in [4.78, 5) is 73.2. The molecule has 107 heavy (non-hydrogen) atoms. The maximum atomic E-state index is 13.2. The molecule has 2 unspecified atom stereocenters. The number of carbonyl (C=O) groups excluding carboxylic acids is 4. The van der Waals surface area contributed by atoms with Gasteiger partial charge in [0.15, 0.2) is 12.2 Å². The van der Waals surface area contributed by atoms with Gasteiger partial charge in [-0.05, 0) is 31.6 Å². The van der Waals surface area contributed by atoms with Crippen LogP contribution >= 0.6 is 15.6 Å². The largest absolute Gasteiger partial charge is 0.472 e. The number of aliphatic hydroxyl groups excluding tert-OH is 1. The van der Waals surface area contributed by atoms with Crippen molar-refractivity contribution in [3.05, 3.63) is 0 Å². The minimum absolute atomic E-state index is 0.108. The number of rotatable bonds is 88. The van der Waals surface area contributed by atoms with Gasteiger partial charge >= 0.3 is 39.5 Å². The van der Waals surface area contributed by atoms with Crippen LogP contribution in [0, 0.1) is 5.92 Å². The molecule has 0 aliphatic heterocycles. The quantitative estimate of drug-likeness (QED) is 0.0222. The van der Waals surface area contributed by atoms with Crippen LogP contribution in [-0.2, 0) is 65.4 Å². The zero-order chi connectivity index (χ0) is 78.3. The van der Waals surface area contributed by atoms with Crippen molar-refractivity contribution in [1.82, 2.24) is 0 Å². The lowest BCUT2D eigenvalue weighted by Gasteiger charge is -2.21. The second-order valence-corrected chi connectivity index (χ2v) is 35.0. The highest BCUT2D eigenvalue weighted by atomic mass is 31.2. The van der Waals surface area contributed by atoms with Crippen LogP contribution in [0.5, 0.6) is 0 Å². The van der Waals surface area contributed by atoms with Gasteiger partial charge < -0.3 is 33.8 Å². The summed E-state index contributed by atoms with van der Waals surface area (Å²) < 4.78 is 68.9. The van der Waals surface area contributed by atoms with Gasteiger partial charge in [0.25, 0.3) is 0 Å². The number of unbranched alkanes of at least 4 members (excludes halogenated alkanes) is 60. The van der Waals surface area contributed by atoms with Crippen LogP contribution in [0.1, 0.15) is 478 Å². The fourth-order valence-corrected chi connectivity index (χ4v) is 15.4. The summed E-state index contributed by atoms with van der Waals surface area (Å²) in [5, 5.41) is 10.7. The third-order valence-corrected chi connectivity index (χ3v) is 22.7. The van der Waals surface area contributed by atoms with Crippen LogP contribution < -0.4 is 0 Å². The van der Waals surface area contributed by atoms with Crippen LogP contribution in [0.25, 0.3) is 0 Å². The molecule has 0 radical (unpaired) electrons. The molecule has 0 bridgehead atoms. The van der Waals surface area contributed by atoms with E-state index in [4.69, 9.17) is 37.0 Å². The highest BCUT2D eigenvalue weighted by molar-refractivity contribution is 7.47. The Bertz CT molecular complexity index is 2030. The van der Waals surface area contributed by atoms with Crippen LogP contribution in [-0.4, -0.2) is 96.7 Å². The topological polar surface area (TPSA) is 237 Å². The van der Waals surface area contributed by atoms with Gasteiger partial charge in [-0.1, -0.05) is 426 Å². The Balaban J connectivity index is 5.21. The predicted octanol–water partition coefficient (Wildman–Crippen LogP) is 27.2. The van der Waals surface area contributed by atoms with E-state index in [9.17, 15) is 43.2 Å². The zero-order valence-electron chi connectivity index (χ0n) is 70.3. The lowest BCUT2D eigenvalue weighted by atomic mass is 10.0. The average Bonchev–Trinajstić information content (AvgIpc) is 0.905. The van der Waals surface area contributed by atoms with Gasteiger partial charge in [-0.2, -0.15) is 0 Å². The summed E-state index contributed by atoms with van der Waals surface area (Å²) >= 11 is 0. The molecule has 0 amide bonds. The summed E-state index contributed by atoms with van der Waals surface area (Å²) in [7, 11) is -9.93. The highest BCUT2D eigenvalue weighted by Crippen LogP contribution is 2.45. The van der Waals surface area contributed by atoms with E-state index >= 15 is 0 Å². The number of carbonyl (C=O) groups is 4. The van der Waals surface area contributed by atoms with Gasteiger partial charge in [-0.25, -0.2) is 9.13 Å². The molecule has 0 aromatic rings. The molecule has 636 valence electrons. The van der Waals surface area contributed by atoms with E-state index in [1.165, 1.54) is 302 Å². The molecule has 0 aliphatic carbocycles.